The van der Waals surface area contributed by atoms with Crippen molar-refractivity contribution < 1.29 is 22.8 Å². The number of alkyl halides is 3. The molecule has 7 heteroatoms. The summed E-state index contributed by atoms with van der Waals surface area (Å²) in [5.74, 6) is 0. The number of amides is 2. The van der Waals surface area contributed by atoms with E-state index in [1.54, 1.807) is 6.92 Å². The lowest BCUT2D eigenvalue weighted by Crippen LogP contribution is -2.28. The molecule has 17 heavy (non-hydrogen) atoms. The minimum Gasteiger partial charge on any atom is -0.306 e. The highest BCUT2D eigenvalue weighted by Gasteiger charge is 2.29. The SMILES string of the molecule is CCONC(=O)Nc1ccc(C(F)(F)F)cc1. The van der Waals surface area contributed by atoms with Crippen LogP contribution in [0, 0.1) is 0 Å². The summed E-state index contributed by atoms with van der Waals surface area (Å²) in [6, 6.07) is 3.45. The number of hydroxylamine groups is 1. The fraction of sp³-hybridized carbons (Fsp3) is 0.300. The second-order valence-electron chi connectivity index (χ2n) is 3.06. The molecule has 94 valence electrons. The summed E-state index contributed by atoms with van der Waals surface area (Å²) < 4.78 is 36.7. The van der Waals surface area contributed by atoms with Crippen LogP contribution in [-0.2, 0) is 11.0 Å². The maximum Gasteiger partial charge on any atom is 0.416 e. The molecule has 0 unspecified atom stereocenters. The predicted molar refractivity (Wildman–Crippen MR) is 55.2 cm³/mol. The van der Waals surface area contributed by atoms with Crippen molar-refractivity contribution >= 4 is 11.7 Å². The molecule has 4 nitrogen and oxygen atoms in total. The Morgan fingerprint density at radius 1 is 1.29 bits per heavy atom. The topological polar surface area (TPSA) is 50.4 Å². The number of hydrogen-bond donors (Lipinski definition) is 2. The average Bonchev–Trinajstić information content (AvgIpc) is 2.26. The Bertz CT molecular complexity index is 376. The summed E-state index contributed by atoms with van der Waals surface area (Å²) in [5.41, 5.74) is 1.53. The molecule has 1 aromatic rings. The molecule has 0 aliphatic heterocycles. The normalized spacial score (nSPS) is 11.1. The van der Waals surface area contributed by atoms with Gasteiger partial charge >= 0.3 is 12.2 Å². The van der Waals surface area contributed by atoms with E-state index in [0.29, 0.717) is 6.61 Å². The third-order valence-electron chi connectivity index (χ3n) is 1.78. The monoisotopic (exact) mass is 248 g/mol. The van der Waals surface area contributed by atoms with Gasteiger partial charge in [0.15, 0.2) is 0 Å². The van der Waals surface area contributed by atoms with Crippen molar-refractivity contribution in [1.29, 1.82) is 0 Å². The number of benzene rings is 1. The smallest absolute Gasteiger partial charge is 0.306 e. The lowest BCUT2D eigenvalue weighted by Gasteiger charge is -2.09. The first-order chi connectivity index (χ1) is 7.93. The zero-order valence-corrected chi connectivity index (χ0v) is 8.97. The lowest BCUT2D eigenvalue weighted by molar-refractivity contribution is -0.137. The molecule has 0 heterocycles. The lowest BCUT2D eigenvalue weighted by atomic mass is 10.2. The highest BCUT2D eigenvalue weighted by Crippen LogP contribution is 2.29. The van der Waals surface area contributed by atoms with Crippen molar-refractivity contribution in [2.24, 2.45) is 0 Å². The first-order valence-corrected chi connectivity index (χ1v) is 4.79. The van der Waals surface area contributed by atoms with E-state index in [-0.39, 0.29) is 5.69 Å². The summed E-state index contributed by atoms with van der Waals surface area (Å²) in [6.07, 6.45) is -4.38. The van der Waals surface area contributed by atoms with E-state index in [4.69, 9.17) is 0 Å². The molecule has 0 atom stereocenters. The van der Waals surface area contributed by atoms with Gasteiger partial charge in [0.2, 0.25) is 0 Å². The maximum atomic E-state index is 12.2. The van der Waals surface area contributed by atoms with Crippen molar-refractivity contribution in [2.75, 3.05) is 11.9 Å². The number of rotatable bonds is 3. The zero-order chi connectivity index (χ0) is 12.9. The van der Waals surface area contributed by atoms with Gasteiger partial charge in [-0.05, 0) is 31.2 Å². The molecule has 0 aliphatic carbocycles. The average molecular weight is 248 g/mol. The van der Waals surface area contributed by atoms with Crippen LogP contribution in [0.2, 0.25) is 0 Å². The molecule has 0 saturated carbocycles. The molecular formula is C10H11F3N2O2. The van der Waals surface area contributed by atoms with Gasteiger partial charge in [-0.3, -0.25) is 4.84 Å². The van der Waals surface area contributed by atoms with E-state index in [9.17, 15) is 18.0 Å². The Morgan fingerprint density at radius 3 is 2.35 bits per heavy atom. The largest absolute Gasteiger partial charge is 0.416 e. The third kappa shape index (κ3) is 4.31. The maximum absolute atomic E-state index is 12.2. The van der Waals surface area contributed by atoms with Gasteiger partial charge in [-0.1, -0.05) is 0 Å². The van der Waals surface area contributed by atoms with Crippen LogP contribution in [0.15, 0.2) is 24.3 Å². The van der Waals surface area contributed by atoms with E-state index < -0.39 is 17.8 Å². The van der Waals surface area contributed by atoms with Crippen molar-refractivity contribution in [3.8, 4) is 0 Å². The van der Waals surface area contributed by atoms with Crippen LogP contribution in [-0.4, -0.2) is 12.6 Å². The molecule has 0 aliphatic rings. The van der Waals surface area contributed by atoms with Gasteiger partial charge in [0.25, 0.3) is 0 Å². The third-order valence-corrected chi connectivity index (χ3v) is 1.78. The van der Waals surface area contributed by atoms with Crippen LogP contribution in [0.4, 0.5) is 23.7 Å². The standard InChI is InChI=1S/C10H11F3N2O2/c1-2-17-15-9(16)14-8-5-3-7(4-6-8)10(11,12)13/h3-6H,2H2,1H3,(H2,14,15,16). The van der Waals surface area contributed by atoms with E-state index in [2.05, 4.69) is 15.6 Å². The Kier molecular flexibility index (Phi) is 4.33. The molecule has 0 radical (unpaired) electrons. The molecule has 1 aromatic carbocycles. The Labute approximate surface area is 95.7 Å². The Balaban J connectivity index is 2.60. The summed E-state index contributed by atoms with van der Waals surface area (Å²) in [7, 11) is 0. The van der Waals surface area contributed by atoms with Gasteiger partial charge in [0.05, 0.1) is 12.2 Å². The number of urea groups is 1. The van der Waals surface area contributed by atoms with E-state index in [1.807, 2.05) is 0 Å². The highest BCUT2D eigenvalue weighted by atomic mass is 19.4. The minimum atomic E-state index is -4.38. The number of carbonyl (C=O) groups excluding carboxylic acids is 1. The first-order valence-electron chi connectivity index (χ1n) is 4.79. The van der Waals surface area contributed by atoms with Crippen LogP contribution in [0.25, 0.3) is 0 Å². The molecule has 0 saturated heterocycles. The van der Waals surface area contributed by atoms with Gasteiger partial charge in [-0.2, -0.15) is 13.2 Å². The van der Waals surface area contributed by atoms with Crippen LogP contribution >= 0.6 is 0 Å². The molecule has 0 aromatic heterocycles. The molecular weight excluding hydrogens is 237 g/mol. The minimum absolute atomic E-state index is 0.246. The fourth-order valence-electron chi connectivity index (χ4n) is 1.04. The second-order valence-corrected chi connectivity index (χ2v) is 3.06. The first kappa shape index (κ1) is 13.3. The summed E-state index contributed by atoms with van der Waals surface area (Å²) in [4.78, 5) is 15.7. The fourth-order valence-corrected chi connectivity index (χ4v) is 1.04. The zero-order valence-electron chi connectivity index (χ0n) is 8.97. The molecule has 0 fully saturated rings. The van der Waals surface area contributed by atoms with E-state index in [0.717, 1.165) is 24.3 Å². The number of hydrogen-bond acceptors (Lipinski definition) is 2. The number of halogens is 3. The van der Waals surface area contributed by atoms with E-state index >= 15 is 0 Å². The molecule has 2 N–H and O–H groups in total. The van der Waals surface area contributed by atoms with Gasteiger partial charge in [-0.25, -0.2) is 10.3 Å². The second kappa shape index (κ2) is 5.53. The number of anilines is 1. The molecule has 2 amide bonds. The van der Waals surface area contributed by atoms with Gasteiger partial charge in [-0.15, -0.1) is 0 Å². The van der Waals surface area contributed by atoms with Gasteiger partial charge in [0.1, 0.15) is 0 Å². The summed E-state index contributed by atoms with van der Waals surface area (Å²) in [5, 5.41) is 2.31. The van der Waals surface area contributed by atoms with Crippen LogP contribution in [0.3, 0.4) is 0 Å². The Hall–Kier alpha value is -1.76. The number of nitrogens with one attached hydrogen (secondary N) is 2. The van der Waals surface area contributed by atoms with Crippen molar-refractivity contribution in [2.45, 2.75) is 13.1 Å². The van der Waals surface area contributed by atoms with Crippen LogP contribution < -0.4 is 10.8 Å². The molecule has 0 spiro atoms. The molecule has 1 rings (SSSR count). The number of carbonyl (C=O) groups is 1. The van der Waals surface area contributed by atoms with Gasteiger partial charge < -0.3 is 5.32 Å². The van der Waals surface area contributed by atoms with Crippen molar-refractivity contribution in [3.05, 3.63) is 29.8 Å². The highest BCUT2D eigenvalue weighted by molar-refractivity contribution is 5.88. The summed E-state index contributed by atoms with van der Waals surface area (Å²) >= 11 is 0. The van der Waals surface area contributed by atoms with Crippen LogP contribution in [0.1, 0.15) is 12.5 Å². The molecule has 0 bridgehead atoms. The summed E-state index contributed by atoms with van der Waals surface area (Å²) in [6.45, 7) is 1.97. The predicted octanol–water partition coefficient (Wildman–Crippen LogP) is 2.78. The Morgan fingerprint density at radius 2 is 1.88 bits per heavy atom. The van der Waals surface area contributed by atoms with Crippen LogP contribution in [0.5, 0.6) is 0 Å². The quantitative estimate of drug-likeness (QED) is 0.808. The van der Waals surface area contributed by atoms with Crippen molar-refractivity contribution in [3.63, 3.8) is 0 Å². The van der Waals surface area contributed by atoms with Crippen molar-refractivity contribution in [1.82, 2.24) is 5.48 Å². The van der Waals surface area contributed by atoms with E-state index in [1.165, 1.54) is 0 Å². The van der Waals surface area contributed by atoms with Gasteiger partial charge in [0, 0.05) is 5.69 Å².